The van der Waals surface area contributed by atoms with Crippen molar-refractivity contribution in [2.75, 3.05) is 6.61 Å². The minimum Gasteiger partial charge on any atom is -0.459 e. The maximum absolute atomic E-state index is 9.92. The summed E-state index contributed by atoms with van der Waals surface area (Å²) in [5, 5.41) is 12.4. The van der Waals surface area contributed by atoms with Gasteiger partial charge in [0, 0.05) is 12.0 Å². The lowest BCUT2D eigenvalue weighted by atomic mass is 9.85. The third-order valence-corrected chi connectivity index (χ3v) is 12.5. The summed E-state index contributed by atoms with van der Waals surface area (Å²) in [7, 11) is -2.69. The molecule has 1 heterocycles. The van der Waals surface area contributed by atoms with E-state index in [4.69, 9.17) is 13.9 Å². The van der Waals surface area contributed by atoms with Crippen molar-refractivity contribution in [1.29, 1.82) is 0 Å². The zero-order valence-electron chi connectivity index (χ0n) is 20.1. The van der Waals surface area contributed by atoms with Crippen molar-refractivity contribution in [2.24, 2.45) is 17.8 Å². The van der Waals surface area contributed by atoms with Crippen LogP contribution in [0.2, 0.25) is 5.04 Å². The van der Waals surface area contributed by atoms with Gasteiger partial charge in [-0.05, 0) is 39.2 Å². The van der Waals surface area contributed by atoms with E-state index in [0.717, 1.165) is 12.0 Å². The van der Waals surface area contributed by atoms with Crippen LogP contribution >= 0.6 is 0 Å². The van der Waals surface area contributed by atoms with Crippen LogP contribution in [0.3, 0.4) is 0 Å². The van der Waals surface area contributed by atoms with Gasteiger partial charge in [0.2, 0.25) is 6.29 Å². The summed E-state index contributed by atoms with van der Waals surface area (Å²) in [5.41, 5.74) is 0.819. The molecule has 1 aliphatic carbocycles. The first-order valence-corrected chi connectivity index (χ1v) is 13.7. The van der Waals surface area contributed by atoms with E-state index in [1.165, 1.54) is 10.4 Å². The number of hydrogen-bond acceptors (Lipinski definition) is 4. The molecule has 0 aromatic heterocycles. The van der Waals surface area contributed by atoms with Crippen molar-refractivity contribution in [2.45, 2.75) is 51.5 Å². The second-order valence-electron chi connectivity index (χ2n) is 10.3. The summed E-state index contributed by atoms with van der Waals surface area (Å²) in [4.78, 5) is 0. The fourth-order valence-corrected chi connectivity index (χ4v) is 10.5. The summed E-state index contributed by atoms with van der Waals surface area (Å²) < 4.78 is 19.0. The number of hydrogen-bond donors (Lipinski definition) is 1. The van der Waals surface area contributed by atoms with E-state index in [-0.39, 0.29) is 41.8 Å². The van der Waals surface area contributed by atoms with Crippen molar-refractivity contribution in [3.8, 4) is 0 Å². The quantitative estimate of drug-likeness (QED) is 0.481. The summed E-state index contributed by atoms with van der Waals surface area (Å²) in [6.45, 7) is 13.3. The van der Waals surface area contributed by atoms with Gasteiger partial charge in [0.05, 0.1) is 6.61 Å². The molecule has 0 unspecified atom stereocenters. The molecule has 1 N–H and O–H groups in total. The summed E-state index contributed by atoms with van der Waals surface area (Å²) in [6.07, 6.45) is 3.61. The van der Waals surface area contributed by atoms with Crippen LogP contribution in [-0.4, -0.2) is 32.4 Å². The molecule has 2 aliphatic rings. The number of aliphatic hydroxyl groups excluding tert-OH is 1. The second-order valence-corrected chi connectivity index (χ2v) is 14.6. The molecule has 5 heteroatoms. The Kier molecular flexibility index (Phi) is 6.85. The Hall–Kier alpha value is -2.34. The molecule has 0 spiro atoms. The topological polar surface area (TPSA) is 47.9 Å². The molecule has 0 bridgehead atoms. The standard InChI is InChI=1S/C28H36O4Si/c1-20(19-29)24-18-25(21(2)26(24)27-30-16-17-31-27)32-33(28(3,4)5,22-12-8-6-9-13-22)23-14-10-7-11-15-23/h6-17,21,24-27,29H,1,18-19H2,2-5H3/t21-,24+,25-,26+/m0/s1. The van der Waals surface area contributed by atoms with Gasteiger partial charge in [0.25, 0.3) is 8.32 Å². The molecule has 1 fully saturated rings. The molecule has 4 nitrogen and oxygen atoms in total. The lowest BCUT2D eigenvalue weighted by molar-refractivity contribution is -0.0897. The average Bonchev–Trinajstić information content (AvgIpc) is 3.45. The SMILES string of the molecule is C=C(CO)[C@H]1C[C@H](O[Si](c2ccccc2)(c2ccccc2)C(C)(C)C)[C@H](C)[C@H]1C1OC=CO1. The average molecular weight is 465 g/mol. The van der Waals surface area contributed by atoms with Crippen LogP contribution in [0, 0.1) is 17.8 Å². The van der Waals surface area contributed by atoms with Gasteiger partial charge in [-0.1, -0.05) is 94.9 Å². The summed E-state index contributed by atoms with van der Waals surface area (Å²) >= 11 is 0. The van der Waals surface area contributed by atoms with Crippen LogP contribution in [0.25, 0.3) is 0 Å². The molecular weight excluding hydrogens is 428 g/mol. The summed E-state index contributed by atoms with van der Waals surface area (Å²) in [6, 6.07) is 21.4. The predicted molar refractivity (Wildman–Crippen MR) is 135 cm³/mol. The van der Waals surface area contributed by atoms with Crippen molar-refractivity contribution < 1.29 is 19.0 Å². The highest BCUT2D eigenvalue weighted by molar-refractivity contribution is 6.99. The van der Waals surface area contributed by atoms with Gasteiger partial charge in [-0.2, -0.15) is 0 Å². The van der Waals surface area contributed by atoms with Crippen LogP contribution in [0.15, 0.2) is 85.3 Å². The molecule has 0 amide bonds. The Morgan fingerprint density at radius 3 is 1.97 bits per heavy atom. The van der Waals surface area contributed by atoms with Gasteiger partial charge in [-0.25, -0.2) is 0 Å². The molecule has 4 atom stereocenters. The lowest BCUT2D eigenvalue weighted by Crippen LogP contribution is -2.68. The minimum atomic E-state index is -2.69. The van der Waals surface area contributed by atoms with E-state index in [2.05, 4.69) is 94.9 Å². The van der Waals surface area contributed by atoms with Crippen LogP contribution in [0.1, 0.15) is 34.1 Å². The molecule has 4 rings (SSSR count). The smallest absolute Gasteiger partial charge is 0.261 e. The number of benzene rings is 2. The number of aliphatic hydroxyl groups is 1. The van der Waals surface area contributed by atoms with E-state index in [9.17, 15) is 5.11 Å². The zero-order chi connectivity index (χ0) is 23.6. The molecule has 1 saturated carbocycles. The Labute approximate surface area is 199 Å². The fourth-order valence-electron chi connectivity index (χ4n) is 5.74. The van der Waals surface area contributed by atoms with Gasteiger partial charge in [-0.3, -0.25) is 0 Å². The molecule has 33 heavy (non-hydrogen) atoms. The monoisotopic (exact) mass is 464 g/mol. The molecule has 0 saturated heterocycles. The van der Waals surface area contributed by atoms with E-state index < -0.39 is 8.32 Å². The Morgan fingerprint density at radius 2 is 1.52 bits per heavy atom. The first-order valence-electron chi connectivity index (χ1n) is 11.8. The van der Waals surface area contributed by atoms with Crippen LogP contribution in [0.4, 0.5) is 0 Å². The highest BCUT2D eigenvalue weighted by Gasteiger charge is 2.56. The third-order valence-electron chi connectivity index (χ3n) is 7.41. The van der Waals surface area contributed by atoms with E-state index in [1.807, 2.05) is 0 Å². The minimum absolute atomic E-state index is 0.0117. The highest BCUT2D eigenvalue weighted by Crippen LogP contribution is 2.48. The fraction of sp³-hybridized carbons (Fsp3) is 0.429. The number of ether oxygens (including phenoxy) is 2. The van der Waals surface area contributed by atoms with E-state index in [1.54, 1.807) is 12.5 Å². The predicted octanol–water partition coefficient (Wildman–Crippen LogP) is 4.60. The van der Waals surface area contributed by atoms with Crippen molar-refractivity contribution >= 4 is 18.7 Å². The van der Waals surface area contributed by atoms with Gasteiger partial charge in [0.15, 0.2) is 0 Å². The normalized spacial score (nSPS) is 25.6. The van der Waals surface area contributed by atoms with Crippen LogP contribution < -0.4 is 10.4 Å². The van der Waals surface area contributed by atoms with E-state index in [0.29, 0.717) is 0 Å². The molecule has 2 aromatic carbocycles. The first-order chi connectivity index (χ1) is 15.8. The number of rotatable bonds is 7. The first kappa shape index (κ1) is 23.8. The van der Waals surface area contributed by atoms with Crippen molar-refractivity contribution in [3.05, 3.63) is 85.3 Å². The maximum atomic E-state index is 9.92. The highest BCUT2D eigenvalue weighted by atomic mass is 28.4. The van der Waals surface area contributed by atoms with Crippen molar-refractivity contribution in [3.63, 3.8) is 0 Å². The molecule has 176 valence electrons. The third kappa shape index (κ3) is 4.30. The van der Waals surface area contributed by atoms with E-state index >= 15 is 0 Å². The largest absolute Gasteiger partial charge is 0.459 e. The molecule has 2 aromatic rings. The van der Waals surface area contributed by atoms with Gasteiger partial charge < -0.3 is 19.0 Å². The Balaban J connectivity index is 1.78. The van der Waals surface area contributed by atoms with Gasteiger partial charge in [0.1, 0.15) is 12.5 Å². The van der Waals surface area contributed by atoms with Gasteiger partial charge >= 0.3 is 0 Å². The maximum Gasteiger partial charge on any atom is 0.261 e. The van der Waals surface area contributed by atoms with Crippen molar-refractivity contribution in [1.82, 2.24) is 0 Å². The zero-order valence-corrected chi connectivity index (χ0v) is 21.1. The lowest BCUT2D eigenvalue weighted by Gasteiger charge is -2.45. The molecular formula is C28H36O4Si. The summed E-state index contributed by atoms with van der Waals surface area (Å²) in [5.74, 6) is 0.297. The van der Waals surface area contributed by atoms with Gasteiger partial charge in [-0.15, -0.1) is 0 Å². The molecule has 0 radical (unpaired) electrons. The Morgan fingerprint density at radius 1 is 1.00 bits per heavy atom. The second kappa shape index (κ2) is 9.49. The van der Waals surface area contributed by atoms with Crippen LogP contribution in [0.5, 0.6) is 0 Å². The van der Waals surface area contributed by atoms with Crippen LogP contribution in [-0.2, 0) is 13.9 Å². The Bertz CT molecular complexity index is 919. The molecule has 1 aliphatic heterocycles.